The maximum Gasteiger partial charge on any atom is 0.406 e. The molecule has 2 aromatic rings. The van der Waals surface area contributed by atoms with Gasteiger partial charge < -0.3 is 19.4 Å². The lowest BCUT2D eigenvalue weighted by atomic mass is 10.2. The number of nitrogens with zero attached hydrogens (tertiary/aromatic N) is 2. The van der Waals surface area contributed by atoms with Gasteiger partial charge >= 0.3 is 17.6 Å². The summed E-state index contributed by atoms with van der Waals surface area (Å²) in [6, 6.07) is 4.76. The molecule has 0 fully saturated rings. The smallest absolute Gasteiger partial charge is 0.406 e. The Kier molecular flexibility index (Phi) is 5.74. The Labute approximate surface area is 144 Å². The quantitative estimate of drug-likeness (QED) is 0.445. The molecule has 0 spiro atoms. The predicted molar refractivity (Wildman–Crippen MR) is 87.8 cm³/mol. The first-order valence-corrected chi connectivity index (χ1v) is 7.83. The van der Waals surface area contributed by atoms with Gasteiger partial charge in [0.2, 0.25) is 5.52 Å². The fourth-order valence-corrected chi connectivity index (χ4v) is 2.16. The third-order valence-corrected chi connectivity index (χ3v) is 3.41. The van der Waals surface area contributed by atoms with Crippen molar-refractivity contribution in [1.29, 1.82) is 0 Å². The average Bonchev–Trinajstić information content (AvgIpc) is 2.59. The van der Waals surface area contributed by atoms with Gasteiger partial charge in [-0.25, -0.2) is 9.78 Å². The molecule has 8 heteroatoms. The van der Waals surface area contributed by atoms with Crippen molar-refractivity contribution in [2.75, 3.05) is 13.7 Å². The van der Waals surface area contributed by atoms with Crippen molar-refractivity contribution >= 4 is 23.0 Å². The largest absolute Gasteiger partial charge is 0.618 e. The third-order valence-electron chi connectivity index (χ3n) is 3.41. The van der Waals surface area contributed by atoms with E-state index in [1.54, 1.807) is 26.0 Å². The van der Waals surface area contributed by atoms with Crippen LogP contribution in [-0.4, -0.2) is 30.6 Å². The first-order chi connectivity index (χ1) is 11.9. The van der Waals surface area contributed by atoms with Gasteiger partial charge in [0.05, 0.1) is 25.7 Å². The Morgan fingerprint density at radius 1 is 1.32 bits per heavy atom. The molecule has 0 saturated carbocycles. The lowest BCUT2D eigenvalue weighted by Gasteiger charge is -2.12. The van der Waals surface area contributed by atoms with E-state index in [9.17, 15) is 14.8 Å². The van der Waals surface area contributed by atoms with Crippen LogP contribution in [0.4, 0.5) is 0 Å². The van der Waals surface area contributed by atoms with Crippen LogP contribution in [0.3, 0.4) is 0 Å². The SMILES string of the molecule is CCOc1ccc2nc(COC(=O)C(C)C)c(C(=O)OC)[n+]([O-])c2c1. The molecule has 0 aliphatic rings. The number of fused-ring (bicyclic) bond motifs is 1. The summed E-state index contributed by atoms with van der Waals surface area (Å²) in [7, 11) is 1.16. The number of carbonyl (C=O) groups is 2. The Balaban J connectivity index is 2.54. The highest BCUT2D eigenvalue weighted by molar-refractivity contribution is 5.88. The number of esters is 2. The van der Waals surface area contributed by atoms with Gasteiger partial charge in [-0.3, -0.25) is 4.79 Å². The second-order valence-electron chi connectivity index (χ2n) is 5.54. The van der Waals surface area contributed by atoms with E-state index in [4.69, 9.17) is 9.47 Å². The van der Waals surface area contributed by atoms with Crippen LogP contribution >= 0.6 is 0 Å². The maximum atomic E-state index is 12.7. The summed E-state index contributed by atoms with van der Waals surface area (Å²) in [6.45, 7) is 5.32. The second kappa shape index (κ2) is 7.78. The Bertz CT molecular complexity index is 803. The van der Waals surface area contributed by atoms with Crippen LogP contribution in [0.2, 0.25) is 0 Å². The molecule has 0 atom stereocenters. The molecule has 0 amide bonds. The molecule has 0 N–H and O–H groups in total. The lowest BCUT2D eigenvalue weighted by Crippen LogP contribution is -2.38. The molecule has 0 aliphatic carbocycles. The first kappa shape index (κ1) is 18.4. The number of ether oxygens (including phenoxy) is 3. The zero-order chi connectivity index (χ0) is 18.6. The van der Waals surface area contributed by atoms with Gasteiger partial charge in [-0.2, -0.15) is 4.73 Å². The van der Waals surface area contributed by atoms with E-state index in [-0.39, 0.29) is 29.4 Å². The standard InChI is InChI=1S/C17H20N2O6/c1-5-24-11-6-7-12-14(8-11)19(22)15(17(21)23-4)13(18-12)9-25-16(20)10(2)3/h6-8,10H,5,9H2,1-4H3. The summed E-state index contributed by atoms with van der Waals surface area (Å²) < 4.78 is 15.6. The molecule has 0 aliphatic heterocycles. The number of hydrogen-bond acceptors (Lipinski definition) is 7. The van der Waals surface area contributed by atoms with Crippen LogP contribution in [-0.2, 0) is 20.9 Å². The molecule has 0 bridgehead atoms. The maximum absolute atomic E-state index is 12.7. The fourth-order valence-electron chi connectivity index (χ4n) is 2.16. The van der Waals surface area contributed by atoms with Gasteiger partial charge in [-0.15, -0.1) is 0 Å². The average molecular weight is 348 g/mol. The van der Waals surface area contributed by atoms with E-state index < -0.39 is 11.9 Å². The minimum absolute atomic E-state index is 0.0347. The van der Waals surface area contributed by atoms with E-state index in [1.807, 2.05) is 6.92 Å². The summed E-state index contributed by atoms with van der Waals surface area (Å²) in [5.74, 6) is -1.17. The molecule has 8 nitrogen and oxygen atoms in total. The monoisotopic (exact) mass is 348 g/mol. The topological polar surface area (TPSA) is 102 Å². The molecule has 0 unspecified atom stereocenters. The molecule has 1 aromatic heterocycles. The summed E-state index contributed by atoms with van der Waals surface area (Å²) in [5, 5.41) is 12.7. The van der Waals surface area contributed by atoms with Crippen molar-refractivity contribution in [2.24, 2.45) is 5.92 Å². The summed E-state index contributed by atoms with van der Waals surface area (Å²) in [6.07, 6.45) is 0. The minimum Gasteiger partial charge on any atom is -0.618 e. The van der Waals surface area contributed by atoms with Crippen molar-refractivity contribution in [3.8, 4) is 5.75 Å². The van der Waals surface area contributed by atoms with Gasteiger partial charge in [0.15, 0.2) is 5.69 Å². The fraction of sp³-hybridized carbons (Fsp3) is 0.412. The molecule has 0 radical (unpaired) electrons. The van der Waals surface area contributed by atoms with Crippen LogP contribution in [0.25, 0.3) is 11.0 Å². The highest BCUT2D eigenvalue weighted by Gasteiger charge is 2.28. The van der Waals surface area contributed by atoms with Gasteiger partial charge in [0.25, 0.3) is 0 Å². The number of methoxy groups -OCH3 is 1. The third kappa shape index (κ3) is 3.96. The molecule has 1 aromatic carbocycles. The zero-order valence-corrected chi connectivity index (χ0v) is 14.6. The number of carbonyl (C=O) groups excluding carboxylic acids is 2. The van der Waals surface area contributed by atoms with Gasteiger partial charge in [0.1, 0.15) is 17.9 Å². The van der Waals surface area contributed by atoms with Crippen LogP contribution in [0.5, 0.6) is 5.75 Å². The van der Waals surface area contributed by atoms with Crippen LogP contribution in [0.15, 0.2) is 18.2 Å². The number of benzene rings is 1. The van der Waals surface area contributed by atoms with Crippen molar-refractivity contribution in [2.45, 2.75) is 27.4 Å². The molecular formula is C17H20N2O6. The summed E-state index contributed by atoms with van der Waals surface area (Å²) in [4.78, 5) is 28.0. The zero-order valence-electron chi connectivity index (χ0n) is 14.6. The Morgan fingerprint density at radius 3 is 2.64 bits per heavy atom. The van der Waals surface area contributed by atoms with Crippen molar-refractivity contribution in [1.82, 2.24) is 4.98 Å². The normalized spacial score (nSPS) is 10.8. The highest BCUT2D eigenvalue weighted by Crippen LogP contribution is 2.19. The molecule has 0 saturated heterocycles. The number of rotatable bonds is 6. The molecule has 2 rings (SSSR count). The summed E-state index contributed by atoms with van der Waals surface area (Å²) >= 11 is 0. The van der Waals surface area contributed by atoms with E-state index in [0.717, 1.165) is 7.11 Å². The molecule has 134 valence electrons. The lowest BCUT2D eigenvalue weighted by molar-refractivity contribution is -0.581. The van der Waals surface area contributed by atoms with Crippen LogP contribution < -0.4 is 9.47 Å². The summed E-state index contributed by atoms with van der Waals surface area (Å²) in [5.41, 5.74) is 0.222. The van der Waals surface area contributed by atoms with Crippen molar-refractivity contribution in [3.63, 3.8) is 0 Å². The van der Waals surface area contributed by atoms with Crippen molar-refractivity contribution < 1.29 is 28.5 Å². The van der Waals surface area contributed by atoms with E-state index in [0.29, 0.717) is 22.6 Å². The van der Waals surface area contributed by atoms with E-state index in [1.165, 1.54) is 6.07 Å². The highest BCUT2D eigenvalue weighted by atomic mass is 16.5. The van der Waals surface area contributed by atoms with E-state index >= 15 is 0 Å². The predicted octanol–water partition coefficient (Wildman–Crippen LogP) is 1.75. The number of hydrogen-bond donors (Lipinski definition) is 0. The second-order valence-corrected chi connectivity index (χ2v) is 5.54. The molecular weight excluding hydrogens is 328 g/mol. The van der Waals surface area contributed by atoms with Crippen LogP contribution in [0.1, 0.15) is 37.0 Å². The van der Waals surface area contributed by atoms with Crippen LogP contribution in [0, 0.1) is 11.1 Å². The molecule has 25 heavy (non-hydrogen) atoms. The van der Waals surface area contributed by atoms with Crippen molar-refractivity contribution in [3.05, 3.63) is 34.8 Å². The minimum atomic E-state index is -0.859. The van der Waals surface area contributed by atoms with Gasteiger partial charge in [-0.1, -0.05) is 13.8 Å². The number of aromatic nitrogens is 2. The van der Waals surface area contributed by atoms with E-state index in [2.05, 4.69) is 9.72 Å². The Hall–Kier alpha value is -2.90. The van der Waals surface area contributed by atoms with Gasteiger partial charge in [0, 0.05) is 0 Å². The molecule has 1 heterocycles. The van der Waals surface area contributed by atoms with Gasteiger partial charge in [-0.05, 0) is 19.1 Å². The Morgan fingerprint density at radius 2 is 2.04 bits per heavy atom. The first-order valence-electron chi connectivity index (χ1n) is 7.83.